The van der Waals surface area contributed by atoms with E-state index in [9.17, 15) is 4.79 Å². The third-order valence-electron chi connectivity index (χ3n) is 6.69. The molecule has 2 saturated heterocycles. The fraction of sp³-hybridized carbons (Fsp3) is 0.440. The molecular formula is C25H31N7O. The van der Waals surface area contributed by atoms with E-state index in [1.165, 1.54) is 5.69 Å². The van der Waals surface area contributed by atoms with Gasteiger partial charge in [0, 0.05) is 68.8 Å². The predicted octanol–water partition coefficient (Wildman–Crippen LogP) is 2.84. The van der Waals surface area contributed by atoms with E-state index in [1.54, 1.807) is 6.20 Å². The maximum atomic E-state index is 13.2. The molecule has 3 aromatic rings. The van der Waals surface area contributed by atoms with Crippen molar-refractivity contribution in [3.63, 3.8) is 0 Å². The van der Waals surface area contributed by atoms with E-state index in [-0.39, 0.29) is 5.92 Å². The SMILES string of the molecule is Cc1cc(C)n(-c2ccnc(N3CCC(C(=O)N4CCN(c5ccccc5)CC4)CC3)n2)n1. The lowest BCUT2D eigenvalue weighted by Gasteiger charge is -2.39. The molecule has 8 nitrogen and oxygen atoms in total. The van der Waals surface area contributed by atoms with Gasteiger partial charge in [-0.05, 0) is 44.9 Å². The third kappa shape index (κ3) is 4.55. The second-order valence-corrected chi connectivity index (χ2v) is 8.96. The molecule has 172 valence electrons. The molecule has 1 amide bonds. The number of carbonyl (C=O) groups is 1. The molecule has 0 aliphatic carbocycles. The van der Waals surface area contributed by atoms with Crippen LogP contribution in [0.15, 0.2) is 48.7 Å². The quantitative estimate of drug-likeness (QED) is 0.615. The largest absolute Gasteiger partial charge is 0.368 e. The fourth-order valence-electron chi connectivity index (χ4n) is 4.88. The zero-order chi connectivity index (χ0) is 22.8. The number of anilines is 2. The maximum absolute atomic E-state index is 13.2. The van der Waals surface area contributed by atoms with E-state index in [0.29, 0.717) is 11.9 Å². The predicted molar refractivity (Wildman–Crippen MR) is 129 cm³/mol. The van der Waals surface area contributed by atoms with E-state index in [2.05, 4.69) is 49.0 Å². The second kappa shape index (κ2) is 9.21. The molecule has 0 atom stereocenters. The first-order valence-corrected chi connectivity index (χ1v) is 11.8. The van der Waals surface area contributed by atoms with Crippen LogP contribution < -0.4 is 9.80 Å². The smallest absolute Gasteiger partial charge is 0.227 e. The Morgan fingerprint density at radius 1 is 0.909 bits per heavy atom. The number of amides is 1. The summed E-state index contributed by atoms with van der Waals surface area (Å²) in [6.45, 7) is 8.96. The molecule has 4 heterocycles. The standard InChI is InChI=1S/C25H31N7O/c1-19-18-20(2)32(28-19)23-8-11-26-25(27-23)31-12-9-21(10-13-31)24(33)30-16-14-29(15-17-30)22-6-4-3-5-7-22/h3-8,11,18,21H,9-10,12-17H2,1-2H3. The zero-order valence-corrected chi connectivity index (χ0v) is 19.4. The van der Waals surface area contributed by atoms with Crippen molar-refractivity contribution in [2.24, 2.45) is 5.92 Å². The van der Waals surface area contributed by atoms with E-state index in [0.717, 1.165) is 69.3 Å². The number of piperazine rings is 1. The Bertz CT molecular complexity index is 1100. The van der Waals surface area contributed by atoms with Gasteiger partial charge in [0.15, 0.2) is 5.82 Å². The summed E-state index contributed by atoms with van der Waals surface area (Å²) in [6, 6.07) is 14.4. The van der Waals surface area contributed by atoms with E-state index >= 15 is 0 Å². The number of carbonyl (C=O) groups excluding carboxylic acids is 1. The number of rotatable bonds is 4. The van der Waals surface area contributed by atoms with Crippen molar-refractivity contribution in [2.45, 2.75) is 26.7 Å². The molecule has 2 aliphatic rings. The Morgan fingerprint density at radius 3 is 2.30 bits per heavy atom. The monoisotopic (exact) mass is 445 g/mol. The number of nitrogens with zero attached hydrogens (tertiary/aromatic N) is 7. The highest BCUT2D eigenvalue weighted by Crippen LogP contribution is 2.24. The van der Waals surface area contributed by atoms with Gasteiger partial charge in [-0.25, -0.2) is 9.67 Å². The highest BCUT2D eigenvalue weighted by molar-refractivity contribution is 5.79. The summed E-state index contributed by atoms with van der Waals surface area (Å²) in [5.41, 5.74) is 3.26. The van der Waals surface area contributed by atoms with Crippen LogP contribution in [0, 0.1) is 19.8 Å². The lowest BCUT2D eigenvalue weighted by Crippen LogP contribution is -2.51. The first kappa shape index (κ1) is 21.4. The third-order valence-corrected chi connectivity index (χ3v) is 6.69. The van der Waals surface area contributed by atoms with Crippen molar-refractivity contribution in [3.8, 4) is 5.82 Å². The van der Waals surface area contributed by atoms with Crippen LogP contribution in [0.2, 0.25) is 0 Å². The summed E-state index contributed by atoms with van der Waals surface area (Å²) in [5, 5.41) is 4.53. The Morgan fingerprint density at radius 2 is 1.64 bits per heavy atom. The fourth-order valence-corrected chi connectivity index (χ4v) is 4.88. The summed E-state index contributed by atoms with van der Waals surface area (Å²) in [7, 11) is 0. The van der Waals surface area contributed by atoms with Gasteiger partial charge in [-0.1, -0.05) is 18.2 Å². The van der Waals surface area contributed by atoms with Gasteiger partial charge in [-0.3, -0.25) is 4.79 Å². The minimum atomic E-state index is 0.0868. The van der Waals surface area contributed by atoms with Crippen LogP contribution in [-0.2, 0) is 4.79 Å². The number of aromatic nitrogens is 4. The van der Waals surface area contributed by atoms with Gasteiger partial charge >= 0.3 is 0 Å². The Kier molecular flexibility index (Phi) is 5.98. The van der Waals surface area contributed by atoms with Crippen molar-refractivity contribution in [1.29, 1.82) is 0 Å². The Balaban J connectivity index is 1.17. The van der Waals surface area contributed by atoms with Crippen LogP contribution in [0.1, 0.15) is 24.2 Å². The molecule has 0 saturated carbocycles. The van der Waals surface area contributed by atoms with Crippen molar-refractivity contribution >= 4 is 17.5 Å². The van der Waals surface area contributed by atoms with Crippen LogP contribution in [-0.4, -0.2) is 69.8 Å². The summed E-state index contributed by atoms with van der Waals surface area (Å²) in [4.78, 5) is 29.0. The molecule has 0 bridgehead atoms. The van der Waals surface area contributed by atoms with Crippen LogP contribution in [0.4, 0.5) is 11.6 Å². The maximum Gasteiger partial charge on any atom is 0.227 e. The lowest BCUT2D eigenvalue weighted by molar-refractivity contribution is -0.136. The Labute approximate surface area is 194 Å². The number of hydrogen-bond donors (Lipinski definition) is 0. The lowest BCUT2D eigenvalue weighted by atomic mass is 9.95. The molecule has 0 N–H and O–H groups in total. The van der Waals surface area contributed by atoms with Gasteiger partial charge in [-0.2, -0.15) is 10.1 Å². The van der Waals surface area contributed by atoms with E-state index in [4.69, 9.17) is 4.98 Å². The van der Waals surface area contributed by atoms with Crippen molar-refractivity contribution in [2.75, 3.05) is 49.1 Å². The average Bonchev–Trinajstić information content (AvgIpc) is 3.22. The summed E-state index contributed by atoms with van der Waals surface area (Å²) in [6.07, 6.45) is 3.47. The molecule has 8 heteroatoms. The normalized spacial score (nSPS) is 17.5. The molecule has 5 rings (SSSR count). The molecule has 2 fully saturated rings. The van der Waals surface area contributed by atoms with Crippen molar-refractivity contribution < 1.29 is 4.79 Å². The van der Waals surface area contributed by atoms with Crippen LogP contribution in [0.3, 0.4) is 0 Å². The number of hydrogen-bond acceptors (Lipinski definition) is 6. The first-order chi connectivity index (χ1) is 16.1. The van der Waals surface area contributed by atoms with Crippen molar-refractivity contribution in [1.82, 2.24) is 24.6 Å². The molecule has 0 spiro atoms. The molecule has 2 aliphatic heterocycles. The number of para-hydroxylation sites is 1. The van der Waals surface area contributed by atoms with Crippen LogP contribution in [0.5, 0.6) is 0 Å². The van der Waals surface area contributed by atoms with Crippen LogP contribution >= 0.6 is 0 Å². The summed E-state index contributed by atoms with van der Waals surface area (Å²) < 4.78 is 1.85. The highest BCUT2D eigenvalue weighted by Gasteiger charge is 2.31. The van der Waals surface area contributed by atoms with Crippen LogP contribution in [0.25, 0.3) is 5.82 Å². The topological polar surface area (TPSA) is 70.4 Å². The van der Waals surface area contributed by atoms with Gasteiger partial charge < -0.3 is 14.7 Å². The van der Waals surface area contributed by atoms with E-state index < -0.39 is 0 Å². The van der Waals surface area contributed by atoms with Gasteiger partial charge in [0.25, 0.3) is 0 Å². The molecule has 1 aromatic carbocycles. The van der Waals surface area contributed by atoms with E-state index in [1.807, 2.05) is 36.7 Å². The number of benzene rings is 1. The zero-order valence-electron chi connectivity index (χ0n) is 19.4. The van der Waals surface area contributed by atoms with Gasteiger partial charge in [0.2, 0.25) is 11.9 Å². The summed E-state index contributed by atoms with van der Waals surface area (Å²) in [5.74, 6) is 1.88. The molecule has 33 heavy (non-hydrogen) atoms. The Hall–Kier alpha value is -3.42. The first-order valence-electron chi connectivity index (χ1n) is 11.8. The minimum Gasteiger partial charge on any atom is -0.368 e. The molecular weight excluding hydrogens is 414 g/mol. The molecule has 2 aromatic heterocycles. The number of aryl methyl sites for hydroxylation is 2. The molecule has 0 radical (unpaired) electrons. The van der Waals surface area contributed by atoms with Gasteiger partial charge in [0.1, 0.15) is 0 Å². The minimum absolute atomic E-state index is 0.0868. The molecule has 0 unspecified atom stereocenters. The van der Waals surface area contributed by atoms with Gasteiger partial charge in [-0.15, -0.1) is 0 Å². The van der Waals surface area contributed by atoms with Crippen molar-refractivity contribution in [3.05, 3.63) is 60.0 Å². The number of piperidine rings is 1. The second-order valence-electron chi connectivity index (χ2n) is 8.96. The summed E-state index contributed by atoms with van der Waals surface area (Å²) >= 11 is 0. The average molecular weight is 446 g/mol. The van der Waals surface area contributed by atoms with Gasteiger partial charge in [0.05, 0.1) is 5.69 Å². The highest BCUT2D eigenvalue weighted by atomic mass is 16.2.